The summed E-state index contributed by atoms with van der Waals surface area (Å²) in [6, 6.07) is 53.3. The largest absolute Gasteiger partial charge is 0.459 e. The molecule has 7 aromatic rings. The summed E-state index contributed by atoms with van der Waals surface area (Å²) in [6.45, 7) is -1.64. The van der Waals surface area contributed by atoms with Crippen molar-refractivity contribution in [1.82, 2.24) is 0 Å². The van der Waals surface area contributed by atoms with Crippen LogP contribution in [0.2, 0.25) is 0 Å². The summed E-state index contributed by atoms with van der Waals surface area (Å²) < 4.78 is 66.3. The van der Waals surface area contributed by atoms with Crippen molar-refractivity contribution in [2.24, 2.45) is 0 Å². The van der Waals surface area contributed by atoms with E-state index in [0.29, 0.717) is 0 Å². The van der Waals surface area contributed by atoms with E-state index in [4.69, 9.17) is 92.3 Å². The lowest BCUT2D eigenvalue weighted by atomic mass is 9.95. The summed E-state index contributed by atoms with van der Waals surface area (Å²) in [5.74, 6) is -8.13. The Labute approximate surface area is 500 Å². The zero-order valence-corrected chi connectivity index (χ0v) is 46.6. The van der Waals surface area contributed by atoms with Crippen LogP contribution in [0.15, 0.2) is 212 Å². The molecule has 0 aliphatic carbocycles. The Morgan fingerprint density at radius 1 is 0.329 bits per heavy atom. The van der Waals surface area contributed by atoms with Gasteiger partial charge in [0.15, 0.2) is 30.7 Å². The quantitative estimate of drug-likeness (QED) is 0.0260. The number of alkyl halides is 3. The average molecular weight is 1220 g/mol. The molecule has 85 heavy (non-hydrogen) atoms. The van der Waals surface area contributed by atoms with E-state index in [-0.39, 0.29) is 38.9 Å². The maximum absolute atomic E-state index is 14.6. The van der Waals surface area contributed by atoms with Crippen LogP contribution in [0.5, 0.6) is 0 Å². The molecule has 19 nitrogen and oxygen atoms in total. The molecule has 2 saturated heterocycles. The standard InChI is InChI=1S/C63H50Cl3NO18/c64-63(65,66)62(67)85-61-52(83-59(74)44-34-20-7-21-35-44)50(81-57(72)42-30-16-5-17-31-42)48(46(78-61)37-76-54(69)39-24-10-2-11-25-39)84-60-51(82-58(73)43-32-18-6-19-33-43)49(80-56(71)41-28-14-4-15-29-41)47(79-55(70)40-26-12-3-13-27-40)45(77-60)36-75-53(68)38-22-8-1-9-23-38/h1-35,45-52,60-61,67H,36-37H2/t45-,46-,47+,48-,49+,50+,51-,52-,60+,61-/m1/s1. The van der Waals surface area contributed by atoms with E-state index >= 15 is 0 Å². The number of benzene rings is 7. The minimum absolute atomic E-state index is 0.0119. The van der Waals surface area contributed by atoms with E-state index in [1.165, 1.54) is 109 Å². The Balaban J connectivity index is 1.22. The summed E-state index contributed by atoms with van der Waals surface area (Å²) in [4.78, 5) is 100. The molecular weight excluding hydrogens is 1170 g/mol. The zero-order chi connectivity index (χ0) is 59.9. The van der Waals surface area contributed by atoms with Gasteiger partial charge in [-0.1, -0.05) is 162 Å². The van der Waals surface area contributed by atoms with Gasteiger partial charge in [-0.05, 0) is 84.9 Å². The van der Waals surface area contributed by atoms with E-state index in [2.05, 4.69) is 0 Å². The SMILES string of the molecule is N=C(O[C@H]1O[C@H](COC(=O)c2ccccc2)[C@@H](O[C@@H]2O[C@H](COC(=O)c3ccccc3)[C@H](OC(=O)c3ccccc3)[C@H](OC(=O)c3ccccc3)[C@H]2OC(=O)c2ccccc2)[C@H](OC(=O)c2ccccc2)[C@H]1OC(=O)c1ccccc1)C(Cl)(Cl)Cl. The van der Waals surface area contributed by atoms with Gasteiger partial charge in [-0.15, -0.1) is 0 Å². The molecule has 0 amide bonds. The fourth-order valence-corrected chi connectivity index (χ4v) is 8.99. The van der Waals surface area contributed by atoms with Crippen molar-refractivity contribution in [2.45, 2.75) is 65.2 Å². The summed E-state index contributed by atoms with van der Waals surface area (Å²) in [5.41, 5.74) is 0.00502. The smallest absolute Gasteiger partial charge is 0.338 e. The molecule has 0 bridgehead atoms. The predicted molar refractivity (Wildman–Crippen MR) is 303 cm³/mol. The number of nitrogens with one attached hydrogen (secondary N) is 1. The van der Waals surface area contributed by atoms with Crippen LogP contribution >= 0.6 is 34.8 Å². The molecule has 0 unspecified atom stereocenters. The van der Waals surface area contributed by atoms with Crippen LogP contribution in [0.25, 0.3) is 0 Å². The van der Waals surface area contributed by atoms with Crippen LogP contribution < -0.4 is 0 Å². The van der Waals surface area contributed by atoms with Crippen molar-refractivity contribution in [2.75, 3.05) is 13.2 Å². The number of rotatable bonds is 19. The van der Waals surface area contributed by atoms with E-state index in [1.807, 2.05) is 0 Å². The van der Waals surface area contributed by atoms with Gasteiger partial charge in [0.05, 0.1) is 38.9 Å². The van der Waals surface area contributed by atoms with Crippen LogP contribution in [-0.4, -0.2) is 126 Å². The Bertz CT molecular complexity index is 3420. The Hall–Kier alpha value is -8.95. The van der Waals surface area contributed by atoms with E-state index < -0.39 is 126 Å². The zero-order valence-electron chi connectivity index (χ0n) is 44.4. The number of carbonyl (C=O) groups is 7. The molecule has 1 N–H and O–H groups in total. The molecule has 2 aliphatic rings. The number of esters is 7. The van der Waals surface area contributed by atoms with Gasteiger partial charge in [-0.25, -0.2) is 33.6 Å². The van der Waals surface area contributed by atoms with Crippen LogP contribution in [0.3, 0.4) is 0 Å². The van der Waals surface area contributed by atoms with Crippen LogP contribution in [0.1, 0.15) is 72.5 Å². The molecule has 7 aromatic carbocycles. The first-order valence-corrected chi connectivity index (χ1v) is 27.3. The van der Waals surface area contributed by atoms with Crippen molar-refractivity contribution in [1.29, 1.82) is 5.41 Å². The van der Waals surface area contributed by atoms with Gasteiger partial charge in [-0.3, -0.25) is 5.41 Å². The molecule has 0 saturated carbocycles. The fourth-order valence-electron chi connectivity index (χ4n) is 8.85. The fraction of sp³-hybridized carbons (Fsp3) is 0.206. The topological polar surface area (TPSA) is 245 Å². The summed E-state index contributed by atoms with van der Waals surface area (Å²) >= 11 is 18.5. The van der Waals surface area contributed by atoms with Gasteiger partial charge >= 0.3 is 41.8 Å². The van der Waals surface area contributed by atoms with Crippen molar-refractivity contribution in [3.8, 4) is 0 Å². The van der Waals surface area contributed by atoms with Gasteiger partial charge in [0, 0.05) is 0 Å². The molecule has 0 spiro atoms. The first-order chi connectivity index (χ1) is 41.1. The molecule has 9 rings (SSSR count). The first-order valence-electron chi connectivity index (χ1n) is 26.1. The van der Waals surface area contributed by atoms with Gasteiger partial charge in [0.2, 0.25) is 18.3 Å². The van der Waals surface area contributed by atoms with E-state index in [0.717, 1.165) is 0 Å². The van der Waals surface area contributed by atoms with Gasteiger partial charge in [0.25, 0.3) is 3.79 Å². The van der Waals surface area contributed by atoms with Crippen molar-refractivity contribution in [3.05, 3.63) is 251 Å². The van der Waals surface area contributed by atoms with Gasteiger partial charge < -0.3 is 52.1 Å². The van der Waals surface area contributed by atoms with Gasteiger partial charge in [-0.2, -0.15) is 0 Å². The van der Waals surface area contributed by atoms with Crippen molar-refractivity contribution < 1.29 is 85.7 Å². The van der Waals surface area contributed by atoms with Crippen LogP contribution in [-0.2, 0) is 52.1 Å². The lowest BCUT2D eigenvalue weighted by Crippen LogP contribution is -2.67. The molecule has 2 fully saturated rings. The summed E-state index contributed by atoms with van der Waals surface area (Å²) in [6.07, 6.45) is -19.8. The summed E-state index contributed by atoms with van der Waals surface area (Å²) in [7, 11) is 0. The number of halogens is 3. The van der Waals surface area contributed by atoms with Gasteiger partial charge in [0.1, 0.15) is 31.5 Å². The highest BCUT2D eigenvalue weighted by Gasteiger charge is 2.59. The minimum atomic E-state index is -2.59. The third-order valence-corrected chi connectivity index (χ3v) is 13.5. The highest BCUT2D eigenvalue weighted by Crippen LogP contribution is 2.38. The van der Waals surface area contributed by atoms with Crippen LogP contribution in [0, 0.1) is 5.41 Å². The highest BCUT2D eigenvalue weighted by atomic mass is 35.6. The molecule has 436 valence electrons. The molecule has 0 radical (unpaired) electrons. The van der Waals surface area contributed by atoms with Crippen molar-refractivity contribution in [3.63, 3.8) is 0 Å². The number of carbonyl (C=O) groups excluding carboxylic acids is 7. The van der Waals surface area contributed by atoms with E-state index in [9.17, 15) is 33.6 Å². The molecule has 2 heterocycles. The highest BCUT2D eigenvalue weighted by molar-refractivity contribution is 6.76. The second-order valence-corrected chi connectivity index (χ2v) is 21.0. The second kappa shape index (κ2) is 28.6. The van der Waals surface area contributed by atoms with Crippen LogP contribution in [0.4, 0.5) is 0 Å². The summed E-state index contributed by atoms with van der Waals surface area (Å²) in [5, 5.41) is 8.69. The lowest BCUT2D eigenvalue weighted by Gasteiger charge is -2.48. The number of ether oxygens (including phenoxy) is 11. The Morgan fingerprint density at radius 3 is 0.894 bits per heavy atom. The third kappa shape index (κ3) is 15.8. The predicted octanol–water partition coefficient (Wildman–Crippen LogP) is 10.0. The average Bonchev–Trinajstić information content (AvgIpc) is 1.60. The normalized spacial score (nSPS) is 21.8. The maximum atomic E-state index is 14.6. The molecule has 10 atom stereocenters. The number of hydrogen-bond donors (Lipinski definition) is 1. The Kier molecular flexibility index (Phi) is 20.4. The van der Waals surface area contributed by atoms with E-state index in [1.54, 1.807) is 103 Å². The monoisotopic (exact) mass is 1210 g/mol. The second-order valence-electron chi connectivity index (χ2n) is 18.7. The minimum Gasteiger partial charge on any atom is -0.459 e. The molecular formula is C63H50Cl3NO18. The lowest BCUT2D eigenvalue weighted by molar-refractivity contribution is -0.350. The van der Waals surface area contributed by atoms with Crippen molar-refractivity contribution >= 4 is 82.5 Å². The number of hydrogen-bond acceptors (Lipinski definition) is 19. The molecule has 0 aromatic heterocycles. The first kappa shape index (κ1) is 60.6. The maximum Gasteiger partial charge on any atom is 0.338 e. The third-order valence-electron chi connectivity index (χ3n) is 13.0. The Morgan fingerprint density at radius 2 is 0.576 bits per heavy atom. The molecule has 2 aliphatic heterocycles. The molecule has 22 heteroatoms.